The number of nitrogens with zero attached hydrogens (tertiary/aromatic N) is 2. The molecule has 0 spiro atoms. The van der Waals surface area contributed by atoms with Gasteiger partial charge in [0.15, 0.2) is 11.7 Å². The van der Waals surface area contributed by atoms with Crippen molar-refractivity contribution in [3.63, 3.8) is 0 Å². The van der Waals surface area contributed by atoms with Crippen molar-refractivity contribution in [3.8, 4) is 6.07 Å². The number of thiazole rings is 1. The van der Waals surface area contributed by atoms with Crippen molar-refractivity contribution >= 4 is 38.6 Å². The van der Waals surface area contributed by atoms with E-state index in [1.807, 2.05) is 24.3 Å². The fourth-order valence-corrected chi connectivity index (χ4v) is 2.22. The van der Waals surface area contributed by atoms with E-state index in [4.69, 9.17) is 5.26 Å². The fraction of sp³-hybridized carbons (Fsp3) is 0.167. The van der Waals surface area contributed by atoms with E-state index in [-0.39, 0.29) is 6.42 Å². The van der Waals surface area contributed by atoms with Gasteiger partial charge in [-0.25, -0.2) is 4.98 Å². The predicted molar refractivity (Wildman–Crippen MR) is 69.4 cm³/mol. The summed E-state index contributed by atoms with van der Waals surface area (Å²) in [6, 6.07) is 9.13. The Kier molecular flexibility index (Phi) is 4.05. The number of ether oxygens (including phenoxy) is 1. The number of carbonyl (C=O) groups is 2. The predicted octanol–water partition coefficient (Wildman–Crippen LogP) is 1.69. The van der Waals surface area contributed by atoms with Crippen LogP contribution < -0.4 is 5.32 Å². The molecule has 6 nitrogen and oxygen atoms in total. The number of aromatic nitrogens is 1. The highest BCUT2D eigenvalue weighted by Crippen LogP contribution is 2.25. The first-order valence-corrected chi connectivity index (χ1v) is 6.18. The Labute approximate surface area is 112 Å². The highest BCUT2D eigenvalue weighted by Gasteiger charge is 2.10. The number of hydrogen-bond donors (Lipinski definition) is 1. The lowest BCUT2D eigenvalue weighted by molar-refractivity contribution is -0.146. The topological polar surface area (TPSA) is 92.1 Å². The van der Waals surface area contributed by atoms with Gasteiger partial charge in [0.05, 0.1) is 16.3 Å². The van der Waals surface area contributed by atoms with E-state index in [2.05, 4.69) is 15.0 Å². The van der Waals surface area contributed by atoms with E-state index >= 15 is 0 Å². The molecule has 2 rings (SSSR count). The van der Waals surface area contributed by atoms with Crippen LogP contribution in [0.25, 0.3) is 10.2 Å². The Morgan fingerprint density at radius 1 is 1.42 bits per heavy atom. The van der Waals surface area contributed by atoms with Crippen molar-refractivity contribution in [2.75, 3.05) is 11.9 Å². The third-order valence-corrected chi connectivity index (χ3v) is 3.08. The summed E-state index contributed by atoms with van der Waals surface area (Å²) in [5, 5.41) is 11.2. The fourth-order valence-electron chi connectivity index (χ4n) is 1.34. The quantitative estimate of drug-likeness (QED) is 0.857. The molecule has 19 heavy (non-hydrogen) atoms. The van der Waals surface area contributed by atoms with E-state index in [1.165, 1.54) is 11.3 Å². The minimum Gasteiger partial charge on any atom is -0.455 e. The van der Waals surface area contributed by atoms with Gasteiger partial charge in [-0.15, -0.1) is 0 Å². The zero-order chi connectivity index (χ0) is 13.7. The molecule has 7 heteroatoms. The second-order valence-corrected chi connectivity index (χ2v) is 4.56. The summed E-state index contributed by atoms with van der Waals surface area (Å²) < 4.78 is 5.55. The first-order valence-electron chi connectivity index (χ1n) is 5.37. The van der Waals surface area contributed by atoms with Crippen LogP contribution in [0.1, 0.15) is 6.42 Å². The Hall–Kier alpha value is -2.46. The van der Waals surface area contributed by atoms with Crippen molar-refractivity contribution in [1.82, 2.24) is 4.98 Å². The molecule has 0 saturated heterocycles. The van der Waals surface area contributed by atoms with Crippen LogP contribution >= 0.6 is 11.3 Å². The maximum Gasteiger partial charge on any atom is 0.320 e. The molecule has 1 aromatic heterocycles. The van der Waals surface area contributed by atoms with E-state index in [9.17, 15) is 9.59 Å². The van der Waals surface area contributed by atoms with Gasteiger partial charge in [-0.1, -0.05) is 23.5 Å². The lowest BCUT2D eigenvalue weighted by Crippen LogP contribution is -2.20. The molecule has 0 atom stereocenters. The molecule has 1 N–H and O–H groups in total. The van der Waals surface area contributed by atoms with Crippen LogP contribution in [0.5, 0.6) is 0 Å². The Morgan fingerprint density at radius 3 is 2.95 bits per heavy atom. The summed E-state index contributed by atoms with van der Waals surface area (Å²) in [7, 11) is 0. The maximum absolute atomic E-state index is 11.5. The normalized spacial score (nSPS) is 9.84. The Morgan fingerprint density at radius 2 is 2.21 bits per heavy atom. The van der Waals surface area contributed by atoms with E-state index in [0.29, 0.717) is 5.13 Å². The van der Waals surface area contributed by atoms with Gasteiger partial charge in [0.25, 0.3) is 5.91 Å². The molecule has 1 aromatic carbocycles. The third-order valence-electron chi connectivity index (χ3n) is 2.13. The smallest absolute Gasteiger partial charge is 0.320 e. The SMILES string of the molecule is N#CCC(=O)OCC(=O)Nc1nc2ccccc2s1. The van der Waals surface area contributed by atoms with Crippen LogP contribution in [-0.2, 0) is 14.3 Å². The lowest BCUT2D eigenvalue weighted by Gasteiger charge is -2.01. The molecule has 0 radical (unpaired) electrons. The van der Waals surface area contributed by atoms with Crippen molar-refractivity contribution < 1.29 is 14.3 Å². The first kappa shape index (κ1) is 13.0. The molecule has 0 aliphatic heterocycles. The minimum absolute atomic E-state index is 0.367. The van der Waals surface area contributed by atoms with Gasteiger partial charge in [0.1, 0.15) is 6.42 Å². The van der Waals surface area contributed by atoms with Crippen molar-refractivity contribution in [1.29, 1.82) is 5.26 Å². The summed E-state index contributed by atoms with van der Waals surface area (Å²) in [4.78, 5) is 26.6. The molecule has 1 heterocycles. The molecular weight excluding hydrogens is 266 g/mol. The van der Waals surface area contributed by atoms with E-state index in [1.54, 1.807) is 6.07 Å². The minimum atomic E-state index is -0.720. The molecule has 0 bridgehead atoms. The lowest BCUT2D eigenvalue weighted by atomic mass is 10.3. The van der Waals surface area contributed by atoms with Crippen LogP contribution in [0.15, 0.2) is 24.3 Å². The molecule has 0 unspecified atom stereocenters. The van der Waals surface area contributed by atoms with Gasteiger partial charge < -0.3 is 4.74 Å². The van der Waals surface area contributed by atoms with Crippen molar-refractivity contribution in [3.05, 3.63) is 24.3 Å². The van der Waals surface area contributed by atoms with E-state index < -0.39 is 18.5 Å². The standard InChI is InChI=1S/C12H9N3O3S/c13-6-5-11(17)18-7-10(16)15-12-14-8-3-1-2-4-9(8)19-12/h1-4H,5,7H2,(H,14,15,16). The number of carbonyl (C=O) groups excluding carboxylic acids is 2. The van der Waals surface area contributed by atoms with Gasteiger partial charge in [0.2, 0.25) is 0 Å². The monoisotopic (exact) mass is 275 g/mol. The molecule has 96 valence electrons. The molecule has 0 aliphatic rings. The Bertz CT molecular complexity index is 627. The average Bonchev–Trinajstić information content (AvgIpc) is 2.78. The number of hydrogen-bond acceptors (Lipinski definition) is 6. The number of rotatable bonds is 4. The third kappa shape index (κ3) is 3.50. The molecule has 0 fully saturated rings. The maximum atomic E-state index is 11.5. The summed E-state index contributed by atoms with van der Waals surface area (Å²) in [5.74, 6) is -1.20. The molecule has 1 amide bonds. The number of amides is 1. The second-order valence-electron chi connectivity index (χ2n) is 3.53. The van der Waals surface area contributed by atoms with Crippen LogP contribution in [0.4, 0.5) is 5.13 Å². The van der Waals surface area contributed by atoms with Crippen LogP contribution in [0, 0.1) is 11.3 Å². The van der Waals surface area contributed by atoms with Gasteiger partial charge in [0, 0.05) is 0 Å². The number of nitrogens with one attached hydrogen (secondary N) is 1. The van der Waals surface area contributed by atoms with Crippen molar-refractivity contribution in [2.45, 2.75) is 6.42 Å². The Balaban J connectivity index is 1.92. The van der Waals surface area contributed by atoms with Crippen molar-refractivity contribution in [2.24, 2.45) is 0 Å². The van der Waals surface area contributed by atoms with Crippen LogP contribution in [0.2, 0.25) is 0 Å². The van der Waals surface area contributed by atoms with Gasteiger partial charge in [-0.2, -0.15) is 5.26 Å². The van der Waals surface area contributed by atoms with Gasteiger partial charge in [-0.3, -0.25) is 14.9 Å². The van der Waals surface area contributed by atoms with Gasteiger partial charge in [-0.05, 0) is 12.1 Å². The average molecular weight is 275 g/mol. The number of esters is 1. The molecule has 0 saturated carbocycles. The number of benzene rings is 1. The zero-order valence-electron chi connectivity index (χ0n) is 9.75. The molecule has 0 aliphatic carbocycles. The first-order chi connectivity index (χ1) is 9.19. The van der Waals surface area contributed by atoms with Crippen LogP contribution in [0.3, 0.4) is 0 Å². The summed E-state index contributed by atoms with van der Waals surface area (Å²) in [5.41, 5.74) is 0.796. The number of fused-ring (bicyclic) bond motifs is 1. The molecule has 2 aromatic rings. The highest BCUT2D eigenvalue weighted by atomic mass is 32.1. The van der Waals surface area contributed by atoms with Gasteiger partial charge >= 0.3 is 5.97 Å². The number of anilines is 1. The summed E-state index contributed by atoms with van der Waals surface area (Å²) >= 11 is 1.33. The summed E-state index contributed by atoms with van der Waals surface area (Å²) in [6.07, 6.45) is -0.367. The zero-order valence-corrected chi connectivity index (χ0v) is 10.6. The molecular formula is C12H9N3O3S. The largest absolute Gasteiger partial charge is 0.455 e. The van der Waals surface area contributed by atoms with E-state index in [0.717, 1.165) is 10.2 Å². The number of nitriles is 1. The highest BCUT2D eigenvalue weighted by molar-refractivity contribution is 7.22. The van der Waals surface area contributed by atoms with Crippen LogP contribution in [-0.4, -0.2) is 23.5 Å². The second kappa shape index (κ2) is 5.93. The number of para-hydroxylation sites is 1. The summed E-state index contributed by atoms with van der Waals surface area (Å²) in [6.45, 7) is -0.420.